The zero-order valence-electron chi connectivity index (χ0n) is 19.4. The maximum absolute atomic E-state index is 10.9. The van der Waals surface area contributed by atoms with Gasteiger partial charge < -0.3 is 15.2 Å². The van der Waals surface area contributed by atoms with Crippen molar-refractivity contribution in [1.29, 1.82) is 0 Å². The first-order valence-electron chi connectivity index (χ1n) is 11.2. The molecule has 1 aliphatic rings. The molecule has 0 unspecified atom stereocenters. The van der Waals surface area contributed by atoms with Crippen LogP contribution in [-0.2, 0) is 0 Å². The zero-order chi connectivity index (χ0) is 25.4. The Kier molecular flexibility index (Phi) is 7.00. The zero-order valence-corrected chi connectivity index (χ0v) is 23.2. The number of rotatable bonds is 6. The molecule has 2 aromatic heterocycles. The molecule has 0 bridgehead atoms. The Hall–Kier alpha value is -2.96. The third kappa shape index (κ3) is 4.72. The molecule has 1 saturated heterocycles. The number of aromatic nitrogens is 2. The Morgan fingerprint density at radius 3 is 2.25 bits per heavy atom. The first-order chi connectivity index (χ1) is 17.3. The van der Waals surface area contributed by atoms with Crippen LogP contribution in [0, 0.1) is 27.5 Å². The van der Waals surface area contributed by atoms with Crippen molar-refractivity contribution in [3.05, 3.63) is 109 Å². The van der Waals surface area contributed by atoms with Gasteiger partial charge in [-0.1, -0.05) is 17.8 Å². The van der Waals surface area contributed by atoms with Gasteiger partial charge in [0.2, 0.25) is 0 Å². The molecule has 36 heavy (non-hydrogen) atoms. The van der Waals surface area contributed by atoms with E-state index in [1.165, 1.54) is 21.3 Å². The van der Waals surface area contributed by atoms with Crippen LogP contribution in [0.4, 0.5) is 11.4 Å². The predicted molar refractivity (Wildman–Crippen MR) is 155 cm³/mol. The second-order valence-electron chi connectivity index (χ2n) is 8.45. The summed E-state index contributed by atoms with van der Waals surface area (Å²) in [5, 5.41) is 15.1. The quantitative estimate of drug-likeness (QED) is 0.105. The van der Waals surface area contributed by atoms with E-state index in [2.05, 4.69) is 80.9 Å². The molecular weight excluding hydrogens is 605 g/mol. The number of H-pyrrole nitrogens is 1. The molecule has 0 saturated carbocycles. The molecule has 1 fully saturated rings. The molecule has 2 aromatic carbocycles. The number of nitro groups is 1. The fraction of sp³-hybridized carbons (Fsp3) is 0.154. The number of nitrogens with zero attached hydrogens (tertiary/aromatic N) is 3. The van der Waals surface area contributed by atoms with Gasteiger partial charge in [-0.25, -0.2) is 0 Å². The maximum atomic E-state index is 10.9. The van der Waals surface area contributed by atoms with Crippen molar-refractivity contribution in [3.8, 4) is 0 Å². The summed E-state index contributed by atoms with van der Waals surface area (Å²) in [6, 6.07) is 20.6. The Balaban J connectivity index is 1.48. The smallest absolute Gasteiger partial charge is 0.269 e. The number of pyridine rings is 1. The number of hydrogen-bond acceptors (Lipinski definition) is 5. The van der Waals surface area contributed by atoms with Crippen molar-refractivity contribution in [2.75, 3.05) is 4.90 Å². The number of non-ortho nitro benzene ring substituents is 1. The van der Waals surface area contributed by atoms with Gasteiger partial charge in [-0.2, -0.15) is 0 Å². The number of aryl methyl sites for hydroxylation is 2. The Morgan fingerprint density at radius 2 is 1.69 bits per heavy atom. The molecule has 5 rings (SSSR count). The lowest BCUT2D eigenvalue weighted by Gasteiger charge is -2.28. The van der Waals surface area contributed by atoms with Crippen LogP contribution in [-0.4, -0.2) is 20.0 Å². The summed E-state index contributed by atoms with van der Waals surface area (Å²) in [5.74, 6) is 0. The summed E-state index contributed by atoms with van der Waals surface area (Å²) < 4.78 is 1.19. The van der Waals surface area contributed by atoms with Gasteiger partial charge in [0.1, 0.15) is 0 Å². The first kappa shape index (κ1) is 24.7. The van der Waals surface area contributed by atoms with Crippen molar-refractivity contribution in [2.24, 2.45) is 0 Å². The number of halogens is 1. The number of benzene rings is 2. The minimum Gasteiger partial charge on any atom is -0.362 e. The second-order valence-corrected chi connectivity index (χ2v) is 11.1. The van der Waals surface area contributed by atoms with Crippen LogP contribution in [0.1, 0.15) is 34.7 Å². The Bertz CT molecular complexity index is 1430. The van der Waals surface area contributed by atoms with Crippen LogP contribution in [0.2, 0.25) is 0 Å². The van der Waals surface area contributed by atoms with Crippen LogP contribution in [0.25, 0.3) is 0 Å². The molecule has 1 aliphatic heterocycles. The highest BCUT2D eigenvalue weighted by atomic mass is 127. The minimum absolute atomic E-state index is 0.0718. The molecular formula is C26H22IN5O2S2. The highest BCUT2D eigenvalue weighted by Gasteiger charge is 2.43. The van der Waals surface area contributed by atoms with Crippen LogP contribution in [0.5, 0.6) is 0 Å². The average molecular weight is 628 g/mol. The summed E-state index contributed by atoms with van der Waals surface area (Å²) in [6.07, 6.45) is 1.81. The minimum atomic E-state index is -0.389. The van der Waals surface area contributed by atoms with Crippen molar-refractivity contribution in [2.45, 2.75) is 35.7 Å². The summed E-state index contributed by atoms with van der Waals surface area (Å²) in [6.45, 7) is 4.19. The van der Waals surface area contributed by atoms with Gasteiger partial charge in [-0.05, 0) is 97.2 Å². The fourth-order valence-corrected chi connectivity index (χ4v) is 6.52. The molecule has 2 atom stereocenters. The van der Waals surface area contributed by atoms with Crippen molar-refractivity contribution < 1.29 is 4.92 Å². The van der Waals surface area contributed by atoms with E-state index in [4.69, 9.17) is 12.2 Å². The summed E-state index contributed by atoms with van der Waals surface area (Å²) in [7, 11) is 0. The summed E-state index contributed by atoms with van der Waals surface area (Å²) >= 11 is 9.82. The van der Waals surface area contributed by atoms with Gasteiger partial charge in [-0.15, -0.1) is 0 Å². The standard InChI is InChI=1S/C26H22IN5O2S2/c1-15-22(23(27)16(2)29-15)25-24(21-5-3-4-14-28-21)30-26(35)31(25)17-6-10-19(11-7-17)36-20-12-8-18(9-13-20)32(33)34/h3-14,24-25,29H,1-2H3,(H,30,35)/t24-,25+/m1/s1. The summed E-state index contributed by atoms with van der Waals surface area (Å²) in [4.78, 5) is 22.8. The third-order valence-electron chi connectivity index (χ3n) is 6.14. The average Bonchev–Trinajstić information content (AvgIpc) is 3.34. The molecule has 10 heteroatoms. The normalized spacial score (nSPS) is 17.3. The number of nitrogens with one attached hydrogen (secondary N) is 2. The second kappa shape index (κ2) is 10.2. The fourth-order valence-electron chi connectivity index (χ4n) is 4.49. The monoisotopic (exact) mass is 627 g/mol. The number of nitro benzene ring substituents is 1. The van der Waals surface area contributed by atoms with E-state index in [1.807, 2.05) is 24.4 Å². The number of thiocarbonyl (C=S) groups is 1. The van der Waals surface area contributed by atoms with Gasteiger partial charge in [0, 0.05) is 54.3 Å². The molecule has 2 N–H and O–H groups in total. The van der Waals surface area contributed by atoms with Gasteiger partial charge in [-0.3, -0.25) is 15.1 Å². The van der Waals surface area contributed by atoms with Crippen molar-refractivity contribution in [1.82, 2.24) is 15.3 Å². The van der Waals surface area contributed by atoms with Crippen LogP contribution in [0.15, 0.2) is 82.7 Å². The maximum Gasteiger partial charge on any atom is 0.269 e. The topological polar surface area (TPSA) is 87.1 Å². The molecule has 182 valence electrons. The van der Waals surface area contributed by atoms with Crippen molar-refractivity contribution in [3.63, 3.8) is 0 Å². The van der Waals surface area contributed by atoms with E-state index in [0.29, 0.717) is 5.11 Å². The van der Waals surface area contributed by atoms with Crippen LogP contribution >= 0.6 is 46.6 Å². The summed E-state index contributed by atoms with van der Waals surface area (Å²) in [5.41, 5.74) is 5.47. The largest absolute Gasteiger partial charge is 0.362 e. The first-order valence-corrected chi connectivity index (χ1v) is 13.5. The lowest BCUT2D eigenvalue weighted by molar-refractivity contribution is -0.384. The van der Waals surface area contributed by atoms with Crippen LogP contribution in [0.3, 0.4) is 0 Å². The SMILES string of the molecule is Cc1[nH]c(C)c([C@H]2[C@@H](c3ccccn3)NC(=S)N2c2ccc(Sc3ccc([N+](=O)[O-])cc3)cc2)c1I. The van der Waals surface area contributed by atoms with E-state index in [0.717, 1.165) is 32.6 Å². The van der Waals surface area contributed by atoms with E-state index < -0.39 is 0 Å². The number of aromatic amines is 1. The molecule has 0 aliphatic carbocycles. The molecule has 0 spiro atoms. The highest BCUT2D eigenvalue weighted by molar-refractivity contribution is 14.1. The van der Waals surface area contributed by atoms with E-state index in [-0.39, 0.29) is 22.7 Å². The van der Waals surface area contributed by atoms with Crippen molar-refractivity contribution >= 4 is 63.1 Å². The number of anilines is 1. The van der Waals surface area contributed by atoms with Gasteiger partial charge in [0.15, 0.2) is 5.11 Å². The lowest BCUT2D eigenvalue weighted by atomic mass is 9.96. The number of hydrogen-bond donors (Lipinski definition) is 2. The molecule has 7 nitrogen and oxygen atoms in total. The molecule has 3 heterocycles. The van der Waals surface area contributed by atoms with Gasteiger partial charge >= 0.3 is 0 Å². The Morgan fingerprint density at radius 1 is 1.03 bits per heavy atom. The Labute approximate surface area is 232 Å². The lowest BCUT2D eigenvalue weighted by Crippen LogP contribution is -2.29. The predicted octanol–water partition coefficient (Wildman–Crippen LogP) is 6.87. The van der Waals surface area contributed by atoms with Gasteiger partial charge in [0.05, 0.1) is 22.7 Å². The molecule has 0 amide bonds. The van der Waals surface area contributed by atoms with Gasteiger partial charge in [0.25, 0.3) is 5.69 Å². The highest BCUT2D eigenvalue weighted by Crippen LogP contribution is 2.45. The van der Waals surface area contributed by atoms with E-state index in [1.54, 1.807) is 23.9 Å². The van der Waals surface area contributed by atoms with E-state index in [9.17, 15) is 10.1 Å². The van der Waals surface area contributed by atoms with E-state index >= 15 is 0 Å². The third-order valence-corrected chi connectivity index (χ3v) is 8.86. The molecule has 4 aromatic rings. The molecule has 0 radical (unpaired) electrons. The van der Waals surface area contributed by atoms with Crippen LogP contribution < -0.4 is 10.2 Å².